The van der Waals surface area contributed by atoms with E-state index in [4.69, 9.17) is 14.2 Å². The van der Waals surface area contributed by atoms with E-state index in [1.807, 2.05) is 34.6 Å². The van der Waals surface area contributed by atoms with Gasteiger partial charge in [-0.2, -0.15) is 13.9 Å². The average molecular weight is 566 g/mol. The van der Waals surface area contributed by atoms with Crippen molar-refractivity contribution in [1.29, 1.82) is 0 Å². The number of rotatable bonds is 11. The van der Waals surface area contributed by atoms with Crippen molar-refractivity contribution in [2.45, 2.75) is 90.9 Å². The maximum absolute atomic E-state index is 15.9. The quantitative estimate of drug-likeness (QED) is 0.364. The van der Waals surface area contributed by atoms with Gasteiger partial charge in [0, 0.05) is 20.2 Å². The first kappa shape index (κ1) is 31.6. The van der Waals surface area contributed by atoms with Crippen molar-refractivity contribution in [3.05, 3.63) is 35.7 Å². The molecule has 1 heterocycles. The molecule has 0 bridgehead atoms. The Bertz CT molecular complexity index is 1180. The Labute approximate surface area is 236 Å². The third-order valence-electron chi connectivity index (χ3n) is 7.78. The van der Waals surface area contributed by atoms with Crippen molar-refractivity contribution < 1.29 is 32.9 Å². The highest BCUT2D eigenvalue weighted by molar-refractivity contribution is 5.85. The van der Waals surface area contributed by atoms with E-state index in [9.17, 15) is 9.90 Å². The van der Waals surface area contributed by atoms with E-state index in [0.717, 1.165) is 4.90 Å². The summed E-state index contributed by atoms with van der Waals surface area (Å²) in [6, 6.07) is 6.28. The first-order valence-corrected chi connectivity index (χ1v) is 13.7. The zero-order chi connectivity index (χ0) is 30.1. The van der Waals surface area contributed by atoms with Gasteiger partial charge in [0.15, 0.2) is 11.5 Å². The maximum atomic E-state index is 15.9. The van der Waals surface area contributed by atoms with Gasteiger partial charge >= 0.3 is 5.92 Å². The largest absolute Gasteiger partial charge is 0.493 e. The van der Waals surface area contributed by atoms with Crippen LogP contribution >= 0.6 is 0 Å². The zero-order valence-corrected chi connectivity index (χ0v) is 25.3. The van der Waals surface area contributed by atoms with Crippen molar-refractivity contribution in [2.24, 2.45) is 17.9 Å². The number of alkyl halides is 2. The molecule has 1 amide bonds. The van der Waals surface area contributed by atoms with Crippen LogP contribution in [0.15, 0.2) is 24.3 Å². The number of carbonyl (C=O) groups is 1. The topological polar surface area (TPSA) is 86.1 Å². The number of amides is 1. The van der Waals surface area contributed by atoms with Gasteiger partial charge in [-0.25, -0.2) is 0 Å². The molecule has 1 N–H and O–H groups in total. The highest BCUT2D eigenvalue weighted by atomic mass is 19.3. The van der Waals surface area contributed by atoms with Crippen LogP contribution in [0, 0.1) is 10.8 Å². The van der Waals surface area contributed by atoms with Crippen LogP contribution in [0.3, 0.4) is 0 Å². The average Bonchev–Trinajstić information content (AvgIpc) is 3.22. The molecule has 3 rings (SSSR count). The molecule has 0 spiro atoms. The summed E-state index contributed by atoms with van der Waals surface area (Å²) in [5.74, 6) is -3.69. The van der Waals surface area contributed by atoms with E-state index < -0.39 is 34.3 Å². The van der Waals surface area contributed by atoms with Gasteiger partial charge in [0.1, 0.15) is 18.0 Å². The van der Waals surface area contributed by atoms with Crippen LogP contribution in [0.2, 0.25) is 0 Å². The van der Waals surface area contributed by atoms with Gasteiger partial charge in [-0.05, 0) is 54.7 Å². The SMILES string of the molecule is CCC[C@@H](c1cc(COc2ccc(OC)c(OC)c2)n(C)n1)N(C)C(=O)C(F)(F)C1(O)CC(C)(C)CC(C)(C)C1. The molecule has 1 atom stereocenters. The number of hydrogen-bond acceptors (Lipinski definition) is 6. The lowest BCUT2D eigenvalue weighted by Crippen LogP contribution is -2.62. The summed E-state index contributed by atoms with van der Waals surface area (Å²) in [7, 11) is 6.20. The second kappa shape index (κ2) is 11.5. The summed E-state index contributed by atoms with van der Waals surface area (Å²) in [4.78, 5) is 14.5. The molecule has 1 aromatic heterocycles. The molecule has 1 saturated carbocycles. The van der Waals surface area contributed by atoms with Gasteiger partial charge in [-0.1, -0.05) is 41.0 Å². The summed E-state index contributed by atoms with van der Waals surface area (Å²) < 4.78 is 50.0. The lowest BCUT2D eigenvalue weighted by atomic mass is 9.58. The van der Waals surface area contributed by atoms with Crippen molar-refractivity contribution in [1.82, 2.24) is 14.7 Å². The maximum Gasteiger partial charge on any atom is 0.352 e. The highest BCUT2D eigenvalue weighted by Gasteiger charge is 2.64. The highest BCUT2D eigenvalue weighted by Crippen LogP contribution is 2.55. The summed E-state index contributed by atoms with van der Waals surface area (Å²) in [5.41, 5.74) is -2.33. The van der Waals surface area contributed by atoms with Crippen molar-refractivity contribution in [3.8, 4) is 17.2 Å². The lowest BCUT2D eigenvalue weighted by molar-refractivity contribution is -0.231. The van der Waals surface area contributed by atoms with Crippen LogP contribution in [0.25, 0.3) is 0 Å². The molecule has 10 heteroatoms. The predicted molar refractivity (Wildman–Crippen MR) is 149 cm³/mol. The van der Waals surface area contributed by atoms with Crippen LogP contribution in [0.5, 0.6) is 17.2 Å². The van der Waals surface area contributed by atoms with Gasteiger partial charge in [0.2, 0.25) is 0 Å². The molecule has 224 valence electrons. The Morgan fingerprint density at radius 2 is 1.70 bits per heavy atom. The molecule has 0 radical (unpaired) electrons. The first-order chi connectivity index (χ1) is 18.5. The minimum atomic E-state index is -3.96. The number of aryl methyl sites for hydroxylation is 1. The second-order valence-electron chi connectivity index (χ2n) is 12.7. The smallest absolute Gasteiger partial charge is 0.352 e. The second-order valence-corrected chi connectivity index (χ2v) is 12.7. The van der Waals surface area contributed by atoms with Crippen LogP contribution in [0.1, 0.15) is 84.2 Å². The molecule has 1 aliphatic carbocycles. The molecule has 1 aliphatic rings. The predicted octanol–water partition coefficient (Wildman–Crippen LogP) is 5.92. The Balaban J connectivity index is 1.83. The normalized spacial score (nSPS) is 18.6. The monoisotopic (exact) mass is 565 g/mol. The van der Waals surface area contributed by atoms with Crippen LogP contribution in [-0.4, -0.2) is 58.5 Å². The number of hydrogen-bond donors (Lipinski definition) is 1. The number of aliphatic hydroxyl groups is 1. The molecule has 8 nitrogen and oxygen atoms in total. The molecular weight excluding hydrogens is 520 g/mol. The number of nitrogens with zero attached hydrogens (tertiary/aromatic N) is 3. The number of ether oxygens (including phenoxy) is 3. The van der Waals surface area contributed by atoms with E-state index >= 15 is 8.78 Å². The van der Waals surface area contributed by atoms with Gasteiger partial charge < -0.3 is 24.2 Å². The third kappa shape index (κ3) is 6.53. The van der Waals surface area contributed by atoms with Crippen molar-refractivity contribution in [2.75, 3.05) is 21.3 Å². The fourth-order valence-corrected chi connectivity index (χ4v) is 6.56. The number of halogens is 2. The lowest BCUT2D eigenvalue weighted by Gasteiger charge is -2.51. The van der Waals surface area contributed by atoms with Crippen LogP contribution in [0.4, 0.5) is 8.78 Å². The number of methoxy groups -OCH3 is 2. The zero-order valence-electron chi connectivity index (χ0n) is 25.3. The Kier molecular flexibility index (Phi) is 9.13. The van der Waals surface area contributed by atoms with Crippen LogP contribution < -0.4 is 14.2 Å². The minimum absolute atomic E-state index is 0.157. The van der Waals surface area contributed by atoms with E-state index in [1.54, 1.807) is 50.2 Å². The summed E-state index contributed by atoms with van der Waals surface area (Å²) in [6.45, 7) is 9.54. The van der Waals surface area contributed by atoms with E-state index in [-0.39, 0.29) is 19.4 Å². The number of carbonyl (C=O) groups excluding carboxylic acids is 1. The number of benzene rings is 1. The fraction of sp³-hybridized carbons (Fsp3) is 0.667. The van der Waals surface area contributed by atoms with Gasteiger partial charge in [-0.15, -0.1) is 0 Å². The summed E-state index contributed by atoms with van der Waals surface area (Å²) >= 11 is 0. The van der Waals surface area contributed by atoms with Crippen LogP contribution in [-0.2, 0) is 18.4 Å². The van der Waals surface area contributed by atoms with E-state index in [2.05, 4.69) is 5.10 Å². The molecule has 0 aliphatic heterocycles. The molecule has 1 aromatic carbocycles. The first-order valence-electron chi connectivity index (χ1n) is 13.7. The number of aromatic nitrogens is 2. The summed E-state index contributed by atoms with van der Waals surface area (Å²) in [5, 5.41) is 15.9. The fourth-order valence-electron chi connectivity index (χ4n) is 6.56. The third-order valence-corrected chi connectivity index (χ3v) is 7.78. The van der Waals surface area contributed by atoms with E-state index in [1.165, 1.54) is 7.05 Å². The van der Waals surface area contributed by atoms with Gasteiger partial charge in [0.25, 0.3) is 5.91 Å². The van der Waals surface area contributed by atoms with Gasteiger partial charge in [-0.3, -0.25) is 9.48 Å². The Morgan fingerprint density at radius 3 is 2.25 bits per heavy atom. The molecule has 0 unspecified atom stereocenters. The Hall–Kier alpha value is -2.88. The standard InChI is InChI=1S/C30H45F2N3O5/c1-10-11-23(34(6)26(36)30(31,32)29(37)18-27(2,3)17-28(4,5)19-29)22-14-20(35(7)33-22)16-40-21-12-13-24(38-8)25(15-21)39-9/h12-15,23,37H,10-11,16-19H2,1-9H3/t23-/m0/s1. The summed E-state index contributed by atoms with van der Waals surface area (Å²) in [6.07, 6.45) is 1.45. The van der Waals surface area contributed by atoms with E-state index in [0.29, 0.717) is 47.9 Å². The van der Waals surface area contributed by atoms with Crippen molar-refractivity contribution >= 4 is 5.91 Å². The molecular formula is C30H45F2N3O5. The minimum Gasteiger partial charge on any atom is -0.493 e. The van der Waals surface area contributed by atoms with Gasteiger partial charge in [0.05, 0.1) is 31.6 Å². The molecule has 0 saturated heterocycles. The Morgan fingerprint density at radius 1 is 1.10 bits per heavy atom. The molecule has 1 fully saturated rings. The van der Waals surface area contributed by atoms with Crippen molar-refractivity contribution in [3.63, 3.8) is 0 Å². The molecule has 40 heavy (non-hydrogen) atoms. The molecule has 2 aromatic rings.